The van der Waals surface area contributed by atoms with Crippen LogP contribution in [0.5, 0.6) is 5.75 Å². The summed E-state index contributed by atoms with van der Waals surface area (Å²) in [6.07, 6.45) is 3.89. The highest BCUT2D eigenvalue weighted by atomic mass is 16.5. The fourth-order valence-corrected chi connectivity index (χ4v) is 4.12. The van der Waals surface area contributed by atoms with Crippen LogP contribution in [0.1, 0.15) is 42.3 Å². The number of fused-ring (bicyclic) bond motifs is 2. The standard InChI is InChI=1S/C26H27N3O2/c1-17-15-26(2,3)29(4)23-14-24(31-5)19(13-22(17)23)16-27-28-25(30)21-12-8-10-18-9-6-7-11-20(18)21/h6-16H,1-5H3,(H,28,30)/b27-16-. The van der Waals surface area contributed by atoms with Crippen LogP contribution in [-0.4, -0.2) is 31.8 Å². The number of carbonyl (C=O) groups is 1. The van der Waals surface area contributed by atoms with Crippen molar-refractivity contribution in [1.82, 2.24) is 5.43 Å². The van der Waals surface area contributed by atoms with Crippen LogP contribution in [0.25, 0.3) is 16.3 Å². The lowest BCUT2D eigenvalue weighted by atomic mass is 9.88. The lowest BCUT2D eigenvalue weighted by Crippen LogP contribution is -2.42. The maximum atomic E-state index is 12.7. The fraction of sp³-hybridized carbons (Fsp3) is 0.231. The molecule has 0 aromatic heterocycles. The van der Waals surface area contributed by atoms with Gasteiger partial charge in [-0.2, -0.15) is 5.10 Å². The minimum Gasteiger partial charge on any atom is -0.496 e. The molecule has 1 aliphatic rings. The van der Waals surface area contributed by atoms with E-state index in [2.05, 4.69) is 55.4 Å². The predicted octanol–water partition coefficient (Wildman–Crippen LogP) is 5.24. The first kappa shape index (κ1) is 20.7. The number of hydrazone groups is 1. The van der Waals surface area contributed by atoms with Gasteiger partial charge < -0.3 is 9.64 Å². The van der Waals surface area contributed by atoms with Gasteiger partial charge >= 0.3 is 0 Å². The van der Waals surface area contributed by atoms with Gasteiger partial charge in [0.1, 0.15) is 5.75 Å². The number of ether oxygens (including phenoxy) is 1. The van der Waals surface area contributed by atoms with E-state index in [0.29, 0.717) is 11.3 Å². The summed E-state index contributed by atoms with van der Waals surface area (Å²) in [5, 5.41) is 6.13. The third kappa shape index (κ3) is 3.79. The minimum atomic E-state index is -0.248. The zero-order valence-electron chi connectivity index (χ0n) is 18.6. The highest BCUT2D eigenvalue weighted by molar-refractivity contribution is 6.07. The van der Waals surface area contributed by atoms with E-state index >= 15 is 0 Å². The van der Waals surface area contributed by atoms with Crippen LogP contribution in [0.4, 0.5) is 5.69 Å². The number of nitrogens with one attached hydrogen (secondary N) is 1. The zero-order chi connectivity index (χ0) is 22.2. The average Bonchev–Trinajstić information content (AvgIpc) is 2.76. The number of allylic oxidation sites excluding steroid dienone is 1. The summed E-state index contributed by atoms with van der Waals surface area (Å²) in [4.78, 5) is 15.0. The quantitative estimate of drug-likeness (QED) is 0.470. The minimum absolute atomic E-state index is 0.0792. The smallest absolute Gasteiger partial charge is 0.271 e. The summed E-state index contributed by atoms with van der Waals surface area (Å²) < 4.78 is 5.61. The highest BCUT2D eigenvalue weighted by Gasteiger charge is 2.29. The Balaban J connectivity index is 1.62. The molecule has 1 heterocycles. The van der Waals surface area contributed by atoms with Gasteiger partial charge in [-0.1, -0.05) is 42.5 Å². The molecule has 3 aromatic carbocycles. The fourth-order valence-electron chi connectivity index (χ4n) is 4.12. The third-order valence-electron chi connectivity index (χ3n) is 5.97. The molecule has 0 radical (unpaired) electrons. The molecular formula is C26H27N3O2. The molecule has 0 fully saturated rings. The number of anilines is 1. The first-order valence-electron chi connectivity index (χ1n) is 10.3. The van der Waals surface area contributed by atoms with Gasteiger partial charge in [0, 0.05) is 35.5 Å². The summed E-state index contributed by atoms with van der Waals surface area (Å²) in [7, 11) is 3.73. The number of nitrogens with zero attached hydrogens (tertiary/aromatic N) is 2. The number of methoxy groups -OCH3 is 1. The van der Waals surface area contributed by atoms with E-state index < -0.39 is 0 Å². The summed E-state index contributed by atoms with van der Waals surface area (Å²) in [5.74, 6) is 0.460. The maximum Gasteiger partial charge on any atom is 0.271 e. The van der Waals surface area contributed by atoms with E-state index in [9.17, 15) is 4.79 Å². The summed E-state index contributed by atoms with van der Waals surface area (Å²) in [5.41, 5.74) is 7.42. The topological polar surface area (TPSA) is 53.9 Å². The van der Waals surface area contributed by atoms with Crippen molar-refractivity contribution >= 4 is 34.2 Å². The van der Waals surface area contributed by atoms with Crippen molar-refractivity contribution in [2.24, 2.45) is 5.10 Å². The first-order valence-corrected chi connectivity index (χ1v) is 10.3. The Morgan fingerprint density at radius 1 is 1.13 bits per heavy atom. The van der Waals surface area contributed by atoms with Crippen LogP contribution in [-0.2, 0) is 0 Å². The zero-order valence-corrected chi connectivity index (χ0v) is 18.6. The molecule has 5 nitrogen and oxygen atoms in total. The third-order valence-corrected chi connectivity index (χ3v) is 5.97. The van der Waals surface area contributed by atoms with Gasteiger partial charge in [-0.15, -0.1) is 0 Å². The first-order chi connectivity index (χ1) is 14.8. The summed E-state index contributed by atoms with van der Waals surface area (Å²) in [6, 6.07) is 17.6. The Kier molecular flexibility index (Phi) is 5.27. The van der Waals surface area contributed by atoms with E-state index in [0.717, 1.165) is 27.6 Å². The van der Waals surface area contributed by atoms with Crippen LogP contribution in [0.2, 0.25) is 0 Å². The van der Waals surface area contributed by atoms with Crippen LogP contribution < -0.4 is 15.1 Å². The molecule has 0 spiro atoms. The molecule has 1 aliphatic heterocycles. The van der Waals surface area contributed by atoms with Gasteiger partial charge in [0.25, 0.3) is 5.91 Å². The van der Waals surface area contributed by atoms with Crippen LogP contribution in [0.3, 0.4) is 0 Å². The second kappa shape index (κ2) is 7.91. The Labute approximate surface area is 183 Å². The molecule has 0 saturated heterocycles. The van der Waals surface area contributed by atoms with Crippen molar-refractivity contribution in [3.05, 3.63) is 77.4 Å². The molecule has 0 bridgehead atoms. The number of hydrogen-bond acceptors (Lipinski definition) is 4. The average molecular weight is 414 g/mol. The summed E-state index contributed by atoms with van der Waals surface area (Å²) in [6.45, 7) is 6.48. The van der Waals surface area contributed by atoms with Crippen molar-refractivity contribution in [2.75, 3.05) is 19.1 Å². The van der Waals surface area contributed by atoms with Gasteiger partial charge in [-0.25, -0.2) is 5.43 Å². The number of amides is 1. The molecule has 158 valence electrons. The molecule has 0 atom stereocenters. The molecule has 1 N–H and O–H groups in total. The SMILES string of the molecule is COc1cc2c(cc1/C=N\NC(=O)c1cccc3ccccc13)C(C)=CC(C)(C)N2C. The van der Waals surface area contributed by atoms with Gasteiger partial charge in [-0.3, -0.25) is 4.79 Å². The van der Waals surface area contributed by atoms with Crippen molar-refractivity contribution in [3.63, 3.8) is 0 Å². The molecule has 5 heteroatoms. The van der Waals surface area contributed by atoms with E-state index in [-0.39, 0.29) is 11.4 Å². The van der Waals surface area contributed by atoms with Crippen LogP contribution >= 0.6 is 0 Å². The van der Waals surface area contributed by atoms with Crippen molar-refractivity contribution in [3.8, 4) is 5.75 Å². The van der Waals surface area contributed by atoms with E-state index in [4.69, 9.17) is 4.74 Å². The molecule has 0 saturated carbocycles. The second-order valence-corrected chi connectivity index (χ2v) is 8.38. The van der Waals surface area contributed by atoms with Crippen molar-refractivity contribution in [1.29, 1.82) is 0 Å². The largest absolute Gasteiger partial charge is 0.496 e. The van der Waals surface area contributed by atoms with Gasteiger partial charge in [0.15, 0.2) is 0 Å². The van der Waals surface area contributed by atoms with E-state index in [1.807, 2.05) is 42.5 Å². The molecule has 0 unspecified atom stereocenters. The Hall–Kier alpha value is -3.60. The molecule has 1 amide bonds. The number of likely N-dealkylation sites (N-methyl/N-ethyl adjacent to an activating group) is 1. The number of rotatable bonds is 4. The number of hydrogen-bond donors (Lipinski definition) is 1. The Morgan fingerprint density at radius 2 is 1.87 bits per heavy atom. The molecule has 0 aliphatic carbocycles. The van der Waals surface area contributed by atoms with E-state index in [1.54, 1.807) is 19.4 Å². The van der Waals surface area contributed by atoms with Crippen LogP contribution in [0, 0.1) is 0 Å². The van der Waals surface area contributed by atoms with Crippen molar-refractivity contribution in [2.45, 2.75) is 26.3 Å². The predicted molar refractivity (Wildman–Crippen MR) is 128 cm³/mol. The van der Waals surface area contributed by atoms with Gasteiger partial charge in [-0.05, 0) is 49.2 Å². The number of carbonyl (C=O) groups excluding carboxylic acids is 1. The normalized spacial score (nSPS) is 15.0. The molecule has 31 heavy (non-hydrogen) atoms. The molecular weight excluding hydrogens is 386 g/mol. The van der Waals surface area contributed by atoms with Gasteiger partial charge in [0.2, 0.25) is 0 Å². The van der Waals surface area contributed by atoms with Crippen molar-refractivity contribution < 1.29 is 9.53 Å². The summed E-state index contributed by atoms with van der Waals surface area (Å²) >= 11 is 0. The second-order valence-electron chi connectivity index (χ2n) is 8.38. The monoisotopic (exact) mass is 413 g/mol. The van der Waals surface area contributed by atoms with E-state index in [1.165, 1.54) is 5.57 Å². The Morgan fingerprint density at radius 3 is 2.65 bits per heavy atom. The lowest BCUT2D eigenvalue weighted by molar-refractivity contribution is 0.0957. The molecule has 3 aromatic rings. The van der Waals surface area contributed by atoms with Crippen LogP contribution in [0.15, 0.2) is 65.8 Å². The number of benzene rings is 3. The maximum absolute atomic E-state index is 12.7. The Bertz CT molecular complexity index is 1220. The highest BCUT2D eigenvalue weighted by Crippen LogP contribution is 2.40. The molecule has 4 rings (SSSR count). The lowest BCUT2D eigenvalue weighted by Gasteiger charge is -2.40. The van der Waals surface area contributed by atoms with Gasteiger partial charge in [0.05, 0.1) is 18.9 Å².